The van der Waals surface area contributed by atoms with E-state index in [0.29, 0.717) is 5.02 Å². The van der Waals surface area contributed by atoms with Crippen molar-refractivity contribution >= 4 is 70.7 Å². The number of rotatable bonds is 3. The van der Waals surface area contributed by atoms with Crippen LogP contribution in [0.5, 0.6) is 5.75 Å². The van der Waals surface area contributed by atoms with Gasteiger partial charge in [0.05, 0.1) is 19.5 Å². The van der Waals surface area contributed by atoms with Crippen molar-refractivity contribution in [1.82, 2.24) is 0 Å². The van der Waals surface area contributed by atoms with Crippen LogP contribution >= 0.6 is 70.7 Å². The van der Waals surface area contributed by atoms with Gasteiger partial charge in [0.15, 0.2) is 0 Å². The van der Waals surface area contributed by atoms with Crippen LogP contribution in [0.2, 0.25) is 5.02 Å². The quantitative estimate of drug-likeness (QED) is 0.466. The van der Waals surface area contributed by atoms with Gasteiger partial charge in [-0.25, -0.2) is 0 Å². The molecule has 1 nitrogen and oxygen atoms in total. The minimum atomic E-state index is 0.0306. The van der Waals surface area contributed by atoms with Crippen molar-refractivity contribution in [2.75, 3.05) is 7.11 Å². The minimum absolute atomic E-state index is 0.0306. The summed E-state index contributed by atoms with van der Waals surface area (Å²) in [7, 11) is 1.66. The Labute approximate surface area is 140 Å². The van der Waals surface area contributed by atoms with Crippen molar-refractivity contribution in [2.24, 2.45) is 0 Å². The van der Waals surface area contributed by atoms with E-state index in [1.807, 2.05) is 18.2 Å². The lowest BCUT2D eigenvalue weighted by atomic mass is 10.1. The Kier molecular flexibility index (Phi) is 5.17. The molecule has 1 aromatic carbocycles. The van der Waals surface area contributed by atoms with Crippen molar-refractivity contribution in [1.29, 1.82) is 0 Å². The molecule has 96 valence electrons. The molecule has 0 saturated carbocycles. The van der Waals surface area contributed by atoms with Crippen LogP contribution in [0.4, 0.5) is 0 Å². The number of halogens is 4. The largest absolute Gasteiger partial charge is 0.496 e. The maximum absolute atomic E-state index is 6.06. The summed E-state index contributed by atoms with van der Waals surface area (Å²) < 4.78 is 7.54. The number of methoxy groups -OCH3 is 1. The monoisotopic (exact) mass is 472 g/mol. The summed E-state index contributed by atoms with van der Waals surface area (Å²) in [6.45, 7) is 0. The number of hydrogen-bond acceptors (Lipinski definition) is 2. The molecule has 1 atom stereocenters. The lowest BCUT2D eigenvalue weighted by Crippen LogP contribution is -1.96. The Bertz CT molecular complexity index is 570. The SMILES string of the molecule is COc1ccc(Cl)cc1C(Br)c1cc(Br)sc1Br. The molecule has 0 N–H and O–H groups in total. The fraction of sp³-hybridized carbons (Fsp3) is 0.167. The zero-order valence-electron chi connectivity index (χ0n) is 9.22. The van der Waals surface area contributed by atoms with Gasteiger partial charge in [-0.1, -0.05) is 27.5 Å². The molecule has 0 aliphatic rings. The fourth-order valence-electron chi connectivity index (χ4n) is 1.60. The van der Waals surface area contributed by atoms with Crippen LogP contribution in [0, 0.1) is 0 Å². The topological polar surface area (TPSA) is 9.23 Å². The first-order chi connectivity index (χ1) is 8.52. The zero-order chi connectivity index (χ0) is 13.3. The van der Waals surface area contributed by atoms with Gasteiger partial charge < -0.3 is 4.74 Å². The van der Waals surface area contributed by atoms with Gasteiger partial charge >= 0.3 is 0 Å². The highest BCUT2D eigenvalue weighted by Crippen LogP contribution is 2.44. The van der Waals surface area contributed by atoms with Crippen molar-refractivity contribution in [3.05, 3.63) is 48.0 Å². The van der Waals surface area contributed by atoms with Gasteiger partial charge in [0.1, 0.15) is 5.75 Å². The van der Waals surface area contributed by atoms with Crippen LogP contribution in [0.15, 0.2) is 31.8 Å². The molecule has 0 spiro atoms. The molecule has 2 aromatic rings. The molecule has 18 heavy (non-hydrogen) atoms. The second-order valence-electron chi connectivity index (χ2n) is 3.53. The van der Waals surface area contributed by atoms with Crippen molar-refractivity contribution in [3.8, 4) is 5.75 Å². The first-order valence-corrected chi connectivity index (χ1v) is 8.64. The molecule has 1 unspecified atom stereocenters. The summed E-state index contributed by atoms with van der Waals surface area (Å²) in [5, 5.41) is 0.695. The lowest BCUT2D eigenvalue weighted by molar-refractivity contribution is 0.410. The number of thiophene rings is 1. The van der Waals surface area contributed by atoms with Crippen LogP contribution in [-0.4, -0.2) is 7.11 Å². The van der Waals surface area contributed by atoms with E-state index < -0.39 is 0 Å². The highest BCUT2D eigenvalue weighted by molar-refractivity contribution is 9.12. The number of alkyl halides is 1. The first-order valence-electron chi connectivity index (χ1n) is 4.95. The summed E-state index contributed by atoms with van der Waals surface area (Å²) in [6.07, 6.45) is 0. The maximum Gasteiger partial charge on any atom is 0.123 e. The second-order valence-corrected chi connectivity index (χ2v) is 8.63. The average molecular weight is 475 g/mol. The van der Waals surface area contributed by atoms with E-state index >= 15 is 0 Å². The van der Waals surface area contributed by atoms with Crippen LogP contribution < -0.4 is 4.74 Å². The normalized spacial score (nSPS) is 12.5. The molecule has 0 fully saturated rings. The summed E-state index contributed by atoms with van der Waals surface area (Å²) in [6, 6.07) is 7.69. The van der Waals surface area contributed by atoms with Crippen LogP contribution in [0.25, 0.3) is 0 Å². The van der Waals surface area contributed by atoms with Crippen molar-refractivity contribution < 1.29 is 4.74 Å². The third-order valence-corrected chi connectivity index (χ3v) is 6.03. The second kappa shape index (κ2) is 6.27. The van der Waals surface area contributed by atoms with Gasteiger partial charge in [-0.2, -0.15) is 0 Å². The van der Waals surface area contributed by atoms with E-state index in [4.69, 9.17) is 16.3 Å². The highest BCUT2D eigenvalue weighted by atomic mass is 79.9. The number of ether oxygens (including phenoxy) is 1. The molecule has 1 aromatic heterocycles. The van der Waals surface area contributed by atoms with Gasteiger partial charge in [0.25, 0.3) is 0 Å². The van der Waals surface area contributed by atoms with Gasteiger partial charge in [-0.05, 0) is 61.7 Å². The van der Waals surface area contributed by atoms with E-state index in [9.17, 15) is 0 Å². The zero-order valence-corrected chi connectivity index (χ0v) is 15.5. The Morgan fingerprint density at radius 2 is 1.94 bits per heavy atom. The van der Waals surface area contributed by atoms with E-state index in [-0.39, 0.29) is 4.83 Å². The van der Waals surface area contributed by atoms with Gasteiger partial charge in [0.2, 0.25) is 0 Å². The molecule has 6 heteroatoms. The third-order valence-electron chi connectivity index (χ3n) is 2.42. The summed E-state index contributed by atoms with van der Waals surface area (Å²) in [5.41, 5.74) is 2.16. The van der Waals surface area contributed by atoms with Crippen molar-refractivity contribution in [2.45, 2.75) is 4.83 Å². The molecular weight excluding hydrogens is 467 g/mol. The Morgan fingerprint density at radius 3 is 2.50 bits per heavy atom. The summed E-state index contributed by atoms with van der Waals surface area (Å²) in [4.78, 5) is 0.0306. The third kappa shape index (κ3) is 3.12. The lowest BCUT2D eigenvalue weighted by Gasteiger charge is -2.14. The van der Waals surface area contributed by atoms with Gasteiger partial charge in [-0.15, -0.1) is 11.3 Å². The van der Waals surface area contributed by atoms with E-state index in [2.05, 4.69) is 53.9 Å². The standard InChI is InChI=1S/C12H8Br3ClOS/c1-17-9-3-2-6(16)4-7(9)11(14)8-5-10(13)18-12(8)15/h2-5,11H,1H3. The average Bonchev–Trinajstić information content (AvgIpc) is 2.67. The molecule has 0 radical (unpaired) electrons. The van der Waals surface area contributed by atoms with E-state index in [1.54, 1.807) is 18.4 Å². The van der Waals surface area contributed by atoms with Crippen LogP contribution in [0.3, 0.4) is 0 Å². The van der Waals surface area contributed by atoms with Crippen molar-refractivity contribution in [3.63, 3.8) is 0 Å². The summed E-state index contributed by atoms with van der Waals surface area (Å²) >= 11 is 18.4. The Morgan fingerprint density at radius 1 is 1.22 bits per heavy atom. The molecule has 0 amide bonds. The molecule has 0 aliphatic carbocycles. The Balaban J connectivity index is 2.48. The van der Waals surface area contributed by atoms with Crippen LogP contribution in [0.1, 0.15) is 16.0 Å². The van der Waals surface area contributed by atoms with E-state index in [0.717, 1.165) is 24.4 Å². The molecule has 0 saturated heterocycles. The number of benzene rings is 1. The number of hydrogen-bond donors (Lipinski definition) is 0. The smallest absolute Gasteiger partial charge is 0.123 e. The van der Waals surface area contributed by atoms with Gasteiger partial charge in [0, 0.05) is 10.6 Å². The fourth-order valence-corrected chi connectivity index (χ4v) is 5.86. The highest BCUT2D eigenvalue weighted by Gasteiger charge is 2.20. The Hall–Kier alpha value is 0.450. The predicted molar refractivity (Wildman–Crippen MR) is 88.5 cm³/mol. The maximum atomic E-state index is 6.06. The van der Waals surface area contributed by atoms with E-state index in [1.165, 1.54) is 0 Å². The molecule has 0 aliphatic heterocycles. The molecule has 2 rings (SSSR count). The first kappa shape index (κ1) is 14.9. The molecule has 1 heterocycles. The minimum Gasteiger partial charge on any atom is -0.496 e. The molecular formula is C12H8Br3ClOS. The molecule has 0 bridgehead atoms. The van der Waals surface area contributed by atoms with Crippen LogP contribution in [-0.2, 0) is 0 Å². The van der Waals surface area contributed by atoms with Gasteiger partial charge in [-0.3, -0.25) is 0 Å². The summed E-state index contributed by atoms with van der Waals surface area (Å²) in [5.74, 6) is 0.815. The predicted octanol–water partition coefficient (Wildman–Crippen LogP) is 6.42.